The molecule has 0 bridgehead atoms. The first-order valence-electron chi connectivity index (χ1n) is 7.92. The Balaban J connectivity index is 1.67. The maximum Gasteiger partial charge on any atom is 0.137 e. The van der Waals surface area contributed by atoms with E-state index in [0.29, 0.717) is 5.92 Å². The summed E-state index contributed by atoms with van der Waals surface area (Å²) in [4.78, 5) is 6.79. The third kappa shape index (κ3) is 3.27. The molecule has 1 fully saturated rings. The smallest absolute Gasteiger partial charge is 0.137 e. The number of imidazole rings is 1. The van der Waals surface area contributed by atoms with Gasteiger partial charge in [0.1, 0.15) is 5.65 Å². The molecular formula is C17H25N3O. The lowest BCUT2D eigenvalue weighted by molar-refractivity contribution is 0.0499. The second-order valence-electron chi connectivity index (χ2n) is 6.49. The van der Waals surface area contributed by atoms with Crippen molar-refractivity contribution in [3.05, 3.63) is 35.8 Å². The number of hydrogen-bond acceptors (Lipinski definition) is 3. The molecule has 2 aromatic heterocycles. The number of aliphatic hydroxyl groups excluding tert-OH is 1. The minimum atomic E-state index is -0.119. The fourth-order valence-corrected chi connectivity index (χ4v) is 3.39. The summed E-state index contributed by atoms with van der Waals surface area (Å²) >= 11 is 0. The van der Waals surface area contributed by atoms with Crippen LogP contribution in [0.15, 0.2) is 24.5 Å². The Morgan fingerprint density at radius 3 is 3.00 bits per heavy atom. The number of aliphatic hydroxyl groups is 1. The van der Waals surface area contributed by atoms with E-state index < -0.39 is 0 Å². The van der Waals surface area contributed by atoms with E-state index in [4.69, 9.17) is 0 Å². The standard InChI is InChI=1S/C17H25N3O/c1-13-7-8-20-15(10-18-17(20)9-13)12-19(2)11-14-5-3-4-6-16(14)21/h7-10,14,16,21H,3-6,11-12H2,1-2H3. The van der Waals surface area contributed by atoms with Gasteiger partial charge in [-0.2, -0.15) is 0 Å². The molecule has 2 atom stereocenters. The van der Waals surface area contributed by atoms with Gasteiger partial charge in [-0.15, -0.1) is 0 Å². The van der Waals surface area contributed by atoms with Crippen molar-refractivity contribution >= 4 is 5.65 Å². The van der Waals surface area contributed by atoms with Gasteiger partial charge in [-0.1, -0.05) is 12.8 Å². The van der Waals surface area contributed by atoms with E-state index in [1.54, 1.807) is 0 Å². The van der Waals surface area contributed by atoms with Crippen LogP contribution in [0.2, 0.25) is 0 Å². The lowest BCUT2D eigenvalue weighted by atomic mass is 9.86. The van der Waals surface area contributed by atoms with Crippen LogP contribution >= 0.6 is 0 Å². The minimum absolute atomic E-state index is 0.119. The van der Waals surface area contributed by atoms with Crippen molar-refractivity contribution in [1.82, 2.24) is 14.3 Å². The topological polar surface area (TPSA) is 40.8 Å². The molecule has 1 aliphatic carbocycles. The molecule has 0 saturated heterocycles. The van der Waals surface area contributed by atoms with Crippen molar-refractivity contribution in [2.24, 2.45) is 5.92 Å². The quantitative estimate of drug-likeness (QED) is 0.940. The van der Waals surface area contributed by atoms with Gasteiger partial charge < -0.3 is 14.4 Å². The fourth-order valence-electron chi connectivity index (χ4n) is 3.39. The second-order valence-corrected chi connectivity index (χ2v) is 6.49. The SMILES string of the molecule is Cc1ccn2c(CN(C)CC3CCCCC3O)cnc2c1. The molecule has 0 spiro atoms. The van der Waals surface area contributed by atoms with Gasteiger partial charge in [0.25, 0.3) is 0 Å². The first-order valence-corrected chi connectivity index (χ1v) is 7.92. The van der Waals surface area contributed by atoms with Gasteiger partial charge in [-0.3, -0.25) is 0 Å². The molecule has 0 amide bonds. The number of pyridine rings is 1. The minimum Gasteiger partial charge on any atom is -0.393 e. The predicted octanol–water partition coefficient (Wildman–Crippen LogP) is 2.63. The van der Waals surface area contributed by atoms with E-state index in [0.717, 1.165) is 31.6 Å². The molecule has 2 heterocycles. The van der Waals surface area contributed by atoms with E-state index in [1.165, 1.54) is 24.1 Å². The number of nitrogens with zero attached hydrogens (tertiary/aromatic N) is 3. The summed E-state index contributed by atoms with van der Waals surface area (Å²) in [5.41, 5.74) is 3.45. The van der Waals surface area contributed by atoms with Gasteiger partial charge in [0.05, 0.1) is 18.0 Å². The average molecular weight is 287 g/mol. The third-order valence-corrected chi connectivity index (χ3v) is 4.59. The number of aryl methyl sites for hydroxylation is 1. The molecule has 1 aliphatic rings. The molecule has 2 unspecified atom stereocenters. The van der Waals surface area contributed by atoms with Crippen LogP contribution in [-0.2, 0) is 6.54 Å². The lowest BCUT2D eigenvalue weighted by Gasteiger charge is -2.31. The van der Waals surface area contributed by atoms with Gasteiger partial charge in [0, 0.05) is 19.3 Å². The number of aromatic nitrogens is 2. The first kappa shape index (κ1) is 14.5. The molecule has 0 aromatic carbocycles. The largest absolute Gasteiger partial charge is 0.393 e. The number of hydrogen-bond donors (Lipinski definition) is 1. The zero-order valence-electron chi connectivity index (χ0n) is 13.0. The predicted molar refractivity (Wildman–Crippen MR) is 84.2 cm³/mol. The molecule has 0 aliphatic heterocycles. The highest BCUT2D eigenvalue weighted by Crippen LogP contribution is 2.25. The van der Waals surface area contributed by atoms with Crippen LogP contribution in [0.1, 0.15) is 36.9 Å². The van der Waals surface area contributed by atoms with E-state index in [-0.39, 0.29) is 6.10 Å². The summed E-state index contributed by atoms with van der Waals surface area (Å²) in [5, 5.41) is 10.1. The van der Waals surface area contributed by atoms with Crippen LogP contribution < -0.4 is 0 Å². The van der Waals surface area contributed by atoms with E-state index >= 15 is 0 Å². The Hall–Kier alpha value is -1.39. The Labute approximate surface area is 126 Å². The molecule has 4 nitrogen and oxygen atoms in total. The second kappa shape index (κ2) is 6.16. The number of rotatable bonds is 4. The van der Waals surface area contributed by atoms with Gasteiger partial charge >= 0.3 is 0 Å². The van der Waals surface area contributed by atoms with E-state index in [1.807, 2.05) is 6.20 Å². The molecule has 3 rings (SSSR count). The van der Waals surface area contributed by atoms with Crippen LogP contribution in [0.5, 0.6) is 0 Å². The molecule has 1 N–H and O–H groups in total. The van der Waals surface area contributed by atoms with Crippen LogP contribution in [-0.4, -0.2) is 39.1 Å². The van der Waals surface area contributed by atoms with E-state index in [2.05, 4.69) is 46.6 Å². The van der Waals surface area contributed by atoms with Crippen LogP contribution in [0.4, 0.5) is 0 Å². The summed E-state index contributed by atoms with van der Waals surface area (Å²) in [6.07, 6.45) is 8.48. The molecule has 114 valence electrons. The molecule has 0 radical (unpaired) electrons. The van der Waals surface area contributed by atoms with Gasteiger partial charge in [-0.25, -0.2) is 4.98 Å². The zero-order valence-corrected chi connectivity index (χ0v) is 13.0. The summed E-state index contributed by atoms with van der Waals surface area (Å²) in [7, 11) is 2.13. The summed E-state index contributed by atoms with van der Waals surface area (Å²) < 4.78 is 2.15. The normalized spacial score (nSPS) is 23.0. The highest BCUT2D eigenvalue weighted by Gasteiger charge is 2.24. The van der Waals surface area contributed by atoms with Gasteiger partial charge in [0.2, 0.25) is 0 Å². The maximum atomic E-state index is 10.1. The van der Waals surface area contributed by atoms with Crippen molar-refractivity contribution in [2.45, 2.75) is 45.3 Å². The van der Waals surface area contributed by atoms with Crippen molar-refractivity contribution in [1.29, 1.82) is 0 Å². The van der Waals surface area contributed by atoms with Crippen molar-refractivity contribution in [2.75, 3.05) is 13.6 Å². The third-order valence-electron chi connectivity index (χ3n) is 4.59. The Morgan fingerprint density at radius 2 is 2.19 bits per heavy atom. The monoisotopic (exact) mass is 287 g/mol. The molecule has 2 aromatic rings. The highest BCUT2D eigenvalue weighted by molar-refractivity contribution is 5.42. The fraction of sp³-hybridized carbons (Fsp3) is 0.588. The Bertz CT molecular complexity index is 607. The molecule has 4 heteroatoms. The lowest BCUT2D eigenvalue weighted by Crippen LogP contribution is -2.34. The van der Waals surface area contributed by atoms with Gasteiger partial charge in [-0.05, 0) is 50.4 Å². The molecule has 1 saturated carbocycles. The van der Waals surface area contributed by atoms with E-state index in [9.17, 15) is 5.11 Å². The Morgan fingerprint density at radius 1 is 1.38 bits per heavy atom. The first-order chi connectivity index (χ1) is 10.1. The summed E-state index contributed by atoms with van der Waals surface area (Å²) in [6.45, 7) is 3.92. The summed E-state index contributed by atoms with van der Waals surface area (Å²) in [5.74, 6) is 0.421. The van der Waals surface area contributed by atoms with Crippen molar-refractivity contribution < 1.29 is 5.11 Å². The van der Waals surface area contributed by atoms with Crippen LogP contribution in [0.3, 0.4) is 0 Å². The molecular weight excluding hydrogens is 262 g/mol. The van der Waals surface area contributed by atoms with Gasteiger partial charge in [0.15, 0.2) is 0 Å². The number of fused-ring (bicyclic) bond motifs is 1. The average Bonchev–Trinajstić information content (AvgIpc) is 2.83. The maximum absolute atomic E-state index is 10.1. The summed E-state index contributed by atoms with van der Waals surface area (Å²) in [6, 6.07) is 4.22. The Kier molecular flexibility index (Phi) is 4.27. The van der Waals surface area contributed by atoms with Crippen molar-refractivity contribution in [3.63, 3.8) is 0 Å². The zero-order chi connectivity index (χ0) is 14.8. The van der Waals surface area contributed by atoms with Crippen LogP contribution in [0, 0.1) is 12.8 Å². The van der Waals surface area contributed by atoms with Crippen molar-refractivity contribution in [3.8, 4) is 0 Å². The van der Waals surface area contributed by atoms with Crippen LogP contribution in [0.25, 0.3) is 5.65 Å². The molecule has 21 heavy (non-hydrogen) atoms. The highest BCUT2D eigenvalue weighted by atomic mass is 16.3.